The van der Waals surface area contributed by atoms with Crippen molar-refractivity contribution in [3.63, 3.8) is 0 Å². The molecule has 1 aliphatic carbocycles. The van der Waals surface area contributed by atoms with Crippen LogP contribution >= 0.6 is 15.9 Å². The fraction of sp³-hybridized carbons (Fsp3) is 0.455. The van der Waals surface area contributed by atoms with Gasteiger partial charge in [0.25, 0.3) is 0 Å². The van der Waals surface area contributed by atoms with Crippen molar-refractivity contribution in [1.29, 1.82) is 0 Å². The predicted octanol–water partition coefficient (Wildman–Crippen LogP) is 3.20. The van der Waals surface area contributed by atoms with Crippen molar-refractivity contribution in [2.45, 2.75) is 25.3 Å². The van der Waals surface area contributed by atoms with Crippen molar-refractivity contribution in [2.24, 2.45) is 5.92 Å². The maximum Gasteiger partial charge on any atom is 0.0376 e. The van der Waals surface area contributed by atoms with Gasteiger partial charge in [-0.2, -0.15) is 0 Å². The van der Waals surface area contributed by atoms with Crippen LogP contribution in [0.5, 0.6) is 0 Å². The molecule has 13 heavy (non-hydrogen) atoms. The Morgan fingerprint density at radius 2 is 2.15 bits per heavy atom. The molecule has 0 radical (unpaired) electrons. The topological polar surface area (TPSA) is 12.0 Å². The number of fused-ring (bicyclic) bond motifs is 1. The van der Waals surface area contributed by atoms with Crippen LogP contribution in [-0.2, 0) is 6.42 Å². The van der Waals surface area contributed by atoms with Crippen LogP contribution in [0.15, 0.2) is 22.7 Å². The highest BCUT2D eigenvalue weighted by atomic mass is 79.9. The molecule has 3 rings (SSSR count). The van der Waals surface area contributed by atoms with Crippen LogP contribution in [0.4, 0.5) is 5.69 Å². The first-order valence-electron chi connectivity index (χ1n) is 4.88. The molecule has 1 heterocycles. The molecule has 1 aliphatic heterocycles. The average molecular weight is 238 g/mol. The molecule has 1 nitrogen and oxygen atoms in total. The largest absolute Gasteiger partial charge is 0.381 e. The summed E-state index contributed by atoms with van der Waals surface area (Å²) in [6, 6.07) is 7.26. The van der Waals surface area contributed by atoms with Gasteiger partial charge in [0.2, 0.25) is 0 Å². The van der Waals surface area contributed by atoms with Gasteiger partial charge in [0.15, 0.2) is 0 Å². The molecule has 0 aromatic heterocycles. The Hall–Kier alpha value is -0.500. The molecule has 0 amide bonds. The fourth-order valence-electron chi connectivity index (χ4n) is 2.14. The maximum absolute atomic E-state index is 3.60. The van der Waals surface area contributed by atoms with E-state index in [4.69, 9.17) is 0 Å². The Bertz CT molecular complexity index is 344. The summed E-state index contributed by atoms with van der Waals surface area (Å²) in [4.78, 5) is 0. The van der Waals surface area contributed by atoms with Gasteiger partial charge in [-0.15, -0.1) is 0 Å². The molecule has 2 heteroatoms. The number of rotatable bonds is 1. The first-order chi connectivity index (χ1) is 6.33. The number of hydrogen-bond donors (Lipinski definition) is 1. The van der Waals surface area contributed by atoms with Crippen LogP contribution in [0.25, 0.3) is 0 Å². The van der Waals surface area contributed by atoms with Crippen molar-refractivity contribution in [2.75, 3.05) is 5.32 Å². The lowest BCUT2D eigenvalue weighted by Gasteiger charge is -2.07. The smallest absolute Gasteiger partial charge is 0.0376 e. The molecule has 2 aliphatic rings. The number of benzene rings is 1. The zero-order valence-corrected chi connectivity index (χ0v) is 8.97. The minimum atomic E-state index is 0.726. The molecule has 0 bridgehead atoms. The molecule has 1 unspecified atom stereocenters. The van der Waals surface area contributed by atoms with Crippen molar-refractivity contribution in [1.82, 2.24) is 0 Å². The van der Waals surface area contributed by atoms with Gasteiger partial charge in [0.1, 0.15) is 0 Å². The van der Waals surface area contributed by atoms with E-state index in [1.165, 1.54) is 35.0 Å². The number of hydrogen-bond acceptors (Lipinski definition) is 1. The standard InChI is InChI=1S/C11H12BrN/c12-9-3-4-10-8(5-9)6-11(13-10)7-1-2-7/h3-5,7,11,13H,1-2,6H2. The molecule has 1 atom stereocenters. The zero-order valence-electron chi connectivity index (χ0n) is 7.39. The summed E-state index contributed by atoms with van der Waals surface area (Å²) in [7, 11) is 0. The van der Waals surface area contributed by atoms with Gasteiger partial charge in [-0.3, -0.25) is 0 Å². The highest BCUT2D eigenvalue weighted by Crippen LogP contribution is 2.40. The second-order valence-corrected chi connectivity index (χ2v) is 5.01. The van der Waals surface area contributed by atoms with Crippen molar-refractivity contribution in [3.05, 3.63) is 28.2 Å². The monoisotopic (exact) mass is 237 g/mol. The van der Waals surface area contributed by atoms with E-state index in [2.05, 4.69) is 39.4 Å². The molecule has 1 fully saturated rings. The maximum atomic E-state index is 3.60. The van der Waals surface area contributed by atoms with E-state index in [1.54, 1.807) is 0 Å². The summed E-state index contributed by atoms with van der Waals surface area (Å²) in [5.74, 6) is 0.950. The third kappa shape index (κ3) is 1.37. The molecular weight excluding hydrogens is 226 g/mol. The third-order valence-electron chi connectivity index (χ3n) is 3.04. The van der Waals surface area contributed by atoms with E-state index in [0.717, 1.165) is 12.0 Å². The molecule has 1 aromatic carbocycles. The quantitative estimate of drug-likeness (QED) is 0.792. The highest BCUT2D eigenvalue weighted by molar-refractivity contribution is 9.10. The SMILES string of the molecule is Brc1ccc2c(c1)CC(C1CC1)N2. The molecule has 0 saturated heterocycles. The number of nitrogens with one attached hydrogen (secondary N) is 1. The summed E-state index contributed by atoms with van der Waals surface area (Å²) >= 11 is 3.51. The van der Waals surface area contributed by atoms with E-state index in [9.17, 15) is 0 Å². The molecule has 0 spiro atoms. The highest BCUT2D eigenvalue weighted by Gasteiger charge is 2.34. The number of anilines is 1. The van der Waals surface area contributed by atoms with Crippen LogP contribution in [0, 0.1) is 5.92 Å². The molecular formula is C11H12BrN. The molecule has 68 valence electrons. The summed E-state index contributed by atoms with van der Waals surface area (Å²) in [5.41, 5.74) is 2.83. The summed E-state index contributed by atoms with van der Waals surface area (Å²) < 4.78 is 1.20. The Labute approximate surface area is 86.7 Å². The average Bonchev–Trinajstić information content (AvgIpc) is 2.87. The summed E-state index contributed by atoms with van der Waals surface area (Å²) in [5, 5.41) is 3.60. The van der Waals surface area contributed by atoms with E-state index in [0.29, 0.717) is 0 Å². The summed E-state index contributed by atoms with van der Waals surface area (Å²) in [6.07, 6.45) is 4.07. The molecule has 1 saturated carbocycles. The van der Waals surface area contributed by atoms with Crippen molar-refractivity contribution < 1.29 is 0 Å². The second-order valence-electron chi connectivity index (χ2n) is 4.09. The minimum absolute atomic E-state index is 0.726. The zero-order chi connectivity index (χ0) is 8.84. The first-order valence-corrected chi connectivity index (χ1v) is 5.67. The second kappa shape index (κ2) is 2.74. The third-order valence-corrected chi connectivity index (χ3v) is 3.53. The predicted molar refractivity (Wildman–Crippen MR) is 58.0 cm³/mol. The minimum Gasteiger partial charge on any atom is -0.381 e. The van der Waals surface area contributed by atoms with Gasteiger partial charge in [-0.05, 0) is 48.9 Å². The van der Waals surface area contributed by atoms with Crippen molar-refractivity contribution in [3.8, 4) is 0 Å². The van der Waals surface area contributed by atoms with Gasteiger partial charge >= 0.3 is 0 Å². The van der Waals surface area contributed by atoms with Crippen LogP contribution in [0.3, 0.4) is 0 Å². The Balaban J connectivity index is 1.90. The Morgan fingerprint density at radius 3 is 2.92 bits per heavy atom. The number of halogens is 1. The Morgan fingerprint density at radius 1 is 1.31 bits per heavy atom. The Kier molecular flexibility index (Phi) is 1.66. The lowest BCUT2D eigenvalue weighted by molar-refractivity contribution is 0.660. The van der Waals surface area contributed by atoms with Gasteiger partial charge in [-0.25, -0.2) is 0 Å². The van der Waals surface area contributed by atoms with Crippen LogP contribution in [-0.4, -0.2) is 6.04 Å². The first kappa shape index (κ1) is 7.86. The van der Waals surface area contributed by atoms with Crippen LogP contribution < -0.4 is 5.32 Å². The van der Waals surface area contributed by atoms with Crippen LogP contribution in [0.1, 0.15) is 18.4 Å². The van der Waals surface area contributed by atoms with Gasteiger partial charge in [0, 0.05) is 16.2 Å². The van der Waals surface area contributed by atoms with E-state index in [-0.39, 0.29) is 0 Å². The van der Waals surface area contributed by atoms with E-state index >= 15 is 0 Å². The summed E-state index contributed by atoms with van der Waals surface area (Å²) in [6.45, 7) is 0. The van der Waals surface area contributed by atoms with E-state index < -0.39 is 0 Å². The van der Waals surface area contributed by atoms with Gasteiger partial charge in [0.05, 0.1) is 0 Å². The lowest BCUT2D eigenvalue weighted by atomic mass is 10.1. The van der Waals surface area contributed by atoms with Gasteiger partial charge in [-0.1, -0.05) is 15.9 Å². The van der Waals surface area contributed by atoms with Gasteiger partial charge < -0.3 is 5.32 Å². The molecule has 1 N–H and O–H groups in total. The normalized spacial score (nSPS) is 25.5. The molecule has 1 aromatic rings. The lowest BCUT2D eigenvalue weighted by Crippen LogP contribution is -2.17. The fourth-order valence-corrected chi connectivity index (χ4v) is 2.55. The van der Waals surface area contributed by atoms with Crippen molar-refractivity contribution >= 4 is 21.6 Å². The van der Waals surface area contributed by atoms with E-state index in [1.807, 2.05) is 0 Å². The van der Waals surface area contributed by atoms with Crippen LogP contribution in [0.2, 0.25) is 0 Å².